The van der Waals surface area contributed by atoms with E-state index in [1.165, 1.54) is 36.8 Å². The lowest BCUT2D eigenvalue weighted by atomic mass is 10.0. The average Bonchev–Trinajstić information content (AvgIpc) is 2.93. The molecule has 0 saturated heterocycles. The van der Waals surface area contributed by atoms with Crippen LogP contribution in [0, 0.1) is 0 Å². The normalized spacial score (nSPS) is 15.6. The van der Waals surface area contributed by atoms with E-state index in [0.29, 0.717) is 45.3 Å². The molecular formula is C30H18O8. The molecule has 2 aromatic heterocycles. The van der Waals surface area contributed by atoms with Crippen molar-refractivity contribution in [1.82, 2.24) is 0 Å². The van der Waals surface area contributed by atoms with E-state index in [1.807, 2.05) is 0 Å². The number of phenols is 2. The highest BCUT2D eigenvalue weighted by atomic mass is 16.5. The van der Waals surface area contributed by atoms with E-state index in [1.54, 1.807) is 60.7 Å². The summed E-state index contributed by atoms with van der Waals surface area (Å²) in [5.41, 5.74) is 1.98. The average molecular weight is 506 g/mol. The Morgan fingerprint density at radius 2 is 0.947 bits per heavy atom. The second-order valence-electron chi connectivity index (χ2n) is 8.46. The third kappa shape index (κ3) is 4.20. The van der Waals surface area contributed by atoms with Gasteiger partial charge in [-0.25, -0.2) is 9.59 Å². The van der Waals surface area contributed by atoms with E-state index in [-0.39, 0.29) is 22.6 Å². The van der Waals surface area contributed by atoms with Gasteiger partial charge in [0.05, 0.1) is 11.1 Å². The molecule has 2 N–H and O–H groups in total. The van der Waals surface area contributed by atoms with Crippen LogP contribution in [0.1, 0.15) is 11.1 Å². The number of hydrogen-bond acceptors (Lipinski definition) is 8. The third-order valence-corrected chi connectivity index (χ3v) is 6.02. The Balaban J connectivity index is 1.33. The van der Waals surface area contributed by atoms with Crippen molar-refractivity contribution in [1.29, 1.82) is 0 Å². The van der Waals surface area contributed by atoms with Crippen LogP contribution in [0.15, 0.2) is 115 Å². The van der Waals surface area contributed by atoms with Crippen LogP contribution < -0.4 is 20.7 Å². The molecule has 0 saturated carbocycles. The van der Waals surface area contributed by atoms with Gasteiger partial charge in [0.15, 0.2) is 11.5 Å². The molecule has 0 aliphatic carbocycles. The molecule has 38 heavy (non-hydrogen) atoms. The number of aromatic hydroxyl groups is 2. The van der Waals surface area contributed by atoms with Crippen molar-refractivity contribution in [2.75, 3.05) is 0 Å². The fraction of sp³-hybridized carbons (Fsp3) is 0. The molecule has 8 nitrogen and oxygen atoms in total. The molecule has 186 valence electrons. The highest BCUT2D eigenvalue weighted by Gasteiger charge is 2.22. The van der Waals surface area contributed by atoms with Gasteiger partial charge in [-0.2, -0.15) is 0 Å². The first kappa shape index (κ1) is 22.9. The second kappa shape index (κ2) is 9.18. The number of ether oxygens (including phenoxy) is 2. The summed E-state index contributed by atoms with van der Waals surface area (Å²) in [5, 5.41) is 19.2. The van der Waals surface area contributed by atoms with Crippen molar-refractivity contribution in [3.8, 4) is 45.3 Å². The summed E-state index contributed by atoms with van der Waals surface area (Å²) in [7, 11) is 0. The highest BCUT2D eigenvalue weighted by Crippen LogP contribution is 2.38. The van der Waals surface area contributed by atoms with Crippen LogP contribution in [-0.2, 0) is 0 Å². The zero-order valence-electron chi connectivity index (χ0n) is 19.6. The first-order valence-corrected chi connectivity index (χ1v) is 11.5. The van der Waals surface area contributed by atoms with Crippen molar-refractivity contribution in [3.05, 3.63) is 129 Å². The fourth-order valence-corrected chi connectivity index (χ4v) is 4.10. The maximum Gasteiger partial charge on any atom is 0.346 e. The molecule has 4 heterocycles. The molecule has 8 heteroatoms. The molecule has 6 rings (SSSR count). The molecule has 0 amide bonds. The van der Waals surface area contributed by atoms with Crippen LogP contribution in [0.5, 0.6) is 23.0 Å². The van der Waals surface area contributed by atoms with Gasteiger partial charge in [0.2, 0.25) is 0 Å². The van der Waals surface area contributed by atoms with Gasteiger partial charge in [0.25, 0.3) is 0 Å². The fourth-order valence-electron chi connectivity index (χ4n) is 4.10. The largest absolute Gasteiger partial charge is 0.508 e. The van der Waals surface area contributed by atoms with E-state index in [0.717, 1.165) is 0 Å². The number of hydrogen-bond donors (Lipinski definition) is 2. The molecule has 0 bridgehead atoms. The Kier molecular flexibility index (Phi) is 5.54. The van der Waals surface area contributed by atoms with Gasteiger partial charge in [-0.3, -0.25) is 0 Å². The van der Waals surface area contributed by atoms with Crippen LogP contribution in [0.2, 0.25) is 0 Å². The summed E-state index contributed by atoms with van der Waals surface area (Å²) in [6, 6.07) is 12.9. The lowest BCUT2D eigenvalue weighted by Gasteiger charge is -2.18. The standard InChI is InChI=1S/C30H18O8/c31-19-5-1-17(2-6-19)25-15-35-29(33)23-13-11-21(37-27(23)25)9-10-22-12-14-24-28(38-22)26(16-36-30(24)34)18-3-7-20(32)8-4-18/h1-16,31-32H. The van der Waals surface area contributed by atoms with Crippen molar-refractivity contribution in [2.45, 2.75) is 0 Å². The SMILES string of the molecule is O=c1occ(-c2ccc(O)cc2)c2c1C=CC(=CC=C1C=Cc3c(c(-c4ccc(O)cc4)coc3=O)O1)O2. The molecule has 2 aliphatic heterocycles. The van der Waals surface area contributed by atoms with E-state index in [9.17, 15) is 19.8 Å². The van der Waals surface area contributed by atoms with Crippen LogP contribution in [0.25, 0.3) is 34.4 Å². The minimum Gasteiger partial charge on any atom is -0.508 e. The first-order chi connectivity index (χ1) is 18.5. The number of phenolic OH excluding ortho intramolecular Hbond substituents is 2. The topological polar surface area (TPSA) is 119 Å². The van der Waals surface area contributed by atoms with Crippen LogP contribution in [0.3, 0.4) is 0 Å². The monoisotopic (exact) mass is 506 g/mol. The van der Waals surface area contributed by atoms with Gasteiger partial charge < -0.3 is 28.5 Å². The molecule has 0 unspecified atom stereocenters. The van der Waals surface area contributed by atoms with Crippen molar-refractivity contribution in [3.63, 3.8) is 0 Å². The molecule has 4 aromatic rings. The summed E-state index contributed by atoms with van der Waals surface area (Å²) in [6.45, 7) is 0. The lowest BCUT2D eigenvalue weighted by Crippen LogP contribution is -2.11. The maximum atomic E-state index is 12.3. The summed E-state index contributed by atoms with van der Waals surface area (Å²) < 4.78 is 22.4. The Hall–Kier alpha value is -5.50. The number of benzene rings is 2. The summed E-state index contributed by atoms with van der Waals surface area (Å²) in [4.78, 5) is 24.6. The van der Waals surface area contributed by atoms with Crippen molar-refractivity contribution >= 4 is 12.2 Å². The van der Waals surface area contributed by atoms with Gasteiger partial charge in [-0.15, -0.1) is 0 Å². The Bertz CT molecular complexity index is 1660. The predicted molar refractivity (Wildman–Crippen MR) is 140 cm³/mol. The van der Waals surface area contributed by atoms with Crippen LogP contribution >= 0.6 is 0 Å². The van der Waals surface area contributed by atoms with Crippen molar-refractivity contribution in [2.24, 2.45) is 0 Å². The Labute approximate surface area is 215 Å². The number of fused-ring (bicyclic) bond motifs is 2. The van der Waals surface area contributed by atoms with Crippen LogP contribution in [-0.4, -0.2) is 10.2 Å². The molecule has 0 atom stereocenters. The highest BCUT2D eigenvalue weighted by molar-refractivity contribution is 5.78. The number of rotatable bonds is 3. The molecule has 0 spiro atoms. The Morgan fingerprint density at radius 1 is 0.553 bits per heavy atom. The minimum atomic E-state index is -0.535. The molecule has 0 fully saturated rings. The quantitative estimate of drug-likeness (QED) is 0.368. The Morgan fingerprint density at radius 3 is 1.34 bits per heavy atom. The maximum absolute atomic E-state index is 12.3. The zero-order valence-corrected chi connectivity index (χ0v) is 19.6. The van der Waals surface area contributed by atoms with E-state index in [2.05, 4.69) is 0 Å². The predicted octanol–water partition coefficient (Wildman–Crippen LogP) is 5.62. The van der Waals surface area contributed by atoms with Gasteiger partial charge in [-0.05, 0) is 71.8 Å². The molecule has 0 radical (unpaired) electrons. The number of allylic oxidation sites excluding steroid dienone is 4. The minimum absolute atomic E-state index is 0.112. The smallest absolute Gasteiger partial charge is 0.346 e. The summed E-state index contributed by atoms with van der Waals surface area (Å²) in [5.74, 6) is 1.76. The summed E-state index contributed by atoms with van der Waals surface area (Å²) in [6.07, 6.45) is 12.5. The van der Waals surface area contributed by atoms with Gasteiger partial charge >= 0.3 is 11.3 Å². The zero-order chi connectivity index (χ0) is 26.2. The third-order valence-electron chi connectivity index (χ3n) is 6.02. The van der Waals surface area contributed by atoms with Gasteiger partial charge in [0.1, 0.15) is 46.7 Å². The van der Waals surface area contributed by atoms with Crippen molar-refractivity contribution < 1.29 is 28.5 Å². The summed E-state index contributed by atoms with van der Waals surface area (Å²) >= 11 is 0. The van der Waals surface area contributed by atoms with E-state index >= 15 is 0 Å². The molecular weight excluding hydrogens is 488 g/mol. The molecule has 2 aliphatic rings. The van der Waals surface area contributed by atoms with Gasteiger partial charge in [-0.1, -0.05) is 24.3 Å². The van der Waals surface area contributed by atoms with Gasteiger partial charge in [0, 0.05) is 0 Å². The van der Waals surface area contributed by atoms with E-state index < -0.39 is 11.3 Å². The second-order valence-corrected chi connectivity index (χ2v) is 8.46. The first-order valence-electron chi connectivity index (χ1n) is 11.5. The molecule has 2 aromatic carbocycles. The lowest BCUT2D eigenvalue weighted by molar-refractivity contribution is 0.418. The van der Waals surface area contributed by atoms with Crippen LogP contribution in [0.4, 0.5) is 0 Å². The van der Waals surface area contributed by atoms with E-state index in [4.69, 9.17) is 18.3 Å².